The van der Waals surface area contributed by atoms with Gasteiger partial charge in [0.05, 0.1) is 48.1 Å². The van der Waals surface area contributed by atoms with Gasteiger partial charge in [-0.25, -0.2) is 0 Å². The predicted octanol–water partition coefficient (Wildman–Crippen LogP) is 6.67. The minimum Gasteiger partial charge on any atom is -0.378 e. The van der Waals surface area contributed by atoms with Crippen molar-refractivity contribution in [3.63, 3.8) is 0 Å². The van der Waals surface area contributed by atoms with Crippen LogP contribution >= 0.6 is 69.8 Å². The zero-order chi connectivity index (χ0) is 21.6. The third kappa shape index (κ3) is 3.75. The highest BCUT2D eigenvalue weighted by molar-refractivity contribution is 8.04. The molecule has 0 unspecified atom stereocenters. The summed E-state index contributed by atoms with van der Waals surface area (Å²) in [5.41, 5.74) is 0.972. The molecule has 10 heteroatoms. The number of Topliss-reactive ketones (excluding diaryl/α,β-unsaturated/α-hetero) is 2. The van der Waals surface area contributed by atoms with Crippen LogP contribution in [0.25, 0.3) is 0 Å². The van der Waals surface area contributed by atoms with Gasteiger partial charge >= 0.3 is 0 Å². The van der Waals surface area contributed by atoms with Crippen molar-refractivity contribution in [2.45, 2.75) is 4.90 Å². The number of morpholine rings is 1. The average Bonchev–Trinajstić information content (AvgIpc) is 2.77. The molecule has 2 aromatic carbocycles. The number of nitrogens with zero attached hydrogens (tertiary/aromatic N) is 1. The van der Waals surface area contributed by atoms with Crippen molar-refractivity contribution in [1.82, 2.24) is 4.90 Å². The summed E-state index contributed by atoms with van der Waals surface area (Å²) in [5.74, 6) is -0.543. The number of allylic oxidation sites excluding steroid dienone is 2. The van der Waals surface area contributed by atoms with Crippen LogP contribution in [0.15, 0.2) is 39.8 Å². The number of thioether (sulfide) groups is 1. The normalized spacial score (nSPS) is 16.9. The number of ether oxygens (including phenoxy) is 1. The van der Waals surface area contributed by atoms with E-state index in [1.54, 1.807) is 24.3 Å². The lowest BCUT2D eigenvalue weighted by Crippen LogP contribution is -2.40. The fraction of sp³-hybridized carbons (Fsp3) is 0.200. The van der Waals surface area contributed by atoms with Crippen molar-refractivity contribution in [2.75, 3.05) is 26.3 Å². The first kappa shape index (κ1) is 22.3. The fourth-order valence-electron chi connectivity index (χ4n) is 3.28. The predicted molar refractivity (Wildman–Crippen MR) is 122 cm³/mol. The monoisotopic (exact) mass is 521 g/mol. The van der Waals surface area contributed by atoms with Crippen LogP contribution in [0.3, 0.4) is 0 Å². The quantitative estimate of drug-likeness (QED) is 0.332. The highest BCUT2D eigenvalue weighted by Gasteiger charge is 2.37. The Morgan fingerprint density at radius 2 is 1.27 bits per heavy atom. The zero-order valence-corrected chi connectivity index (χ0v) is 19.7. The van der Waals surface area contributed by atoms with Gasteiger partial charge in [0.1, 0.15) is 5.70 Å². The molecule has 0 N–H and O–H groups in total. The van der Waals surface area contributed by atoms with Crippen LogP contribution in [-0.2, 0) is 4.74 Å². The number of rotatable bonds is 3. The van der Waals surface area contributed by atoms with E-state index in [0.29, 0.717) is 43.1 Å². The Balaban J connectivity index is 1.90. The van der Waals surface area contributed by atoms with Crippen LogP contribution in [0.4, 0.5) is 0 Å². The molecule has 4 rings (SSSR count). The number of hydrogen-bond acceptors (Lipinski definition) is 5. The van der Waals surface area contributed by atoms with Gasteiger partial charge in [0.2, 0.25) is 11.6 Å². The molecule has 0 spiro atoms. The molecule has 0 radical (unpaired) electrons. The Labute approximate surface area is 202 Å². The van der Waals surface area contributed by atoms with Gasteiger partial charge in [0, 0.05) is 24.2 Å². The van der Waals surface area contributed by atoms with E-state index in [2.05, 4.69) is 0 Å². The van der Waals surface area contributed by atoms with Gasteiger partial charge < -0.3 is 9.64 Å². The maximum Gasteiger partial charge on any atom is 0.211 e. The Bertz CT molecular complexity index is 1080. The molecular formula is C20H12Cl5NO3S. The highest BCUT2D eigenvalue weighted by Crippen LogP contribution is 2.51. The summed E-state index contributed by atoms with van der Waals surface area (Å²) < 4.78 is 5.40. The van der Waals surface area contributed by atoms with Crippen LogP contribution in [0, 0.1) is 0 Å². The van der Waals surface area contributed by atoms with Gasteiger partial charge in [-0.2, -0.15) is 0 Å². The number of carbonyl (C=O) groups excluding carboxylic acids is 2. The number of carbonyl (C=O) groups is 2. The molecule has 0 amide bonds. The standard InChI is InChI=1S/C20H12Cl5NO3S/c21-11-12(22)14(24)19(15(25)13(11)23)30-20-16(26-5-7-29-8-6-26)17(27)9-3-1-2-4-10(9)18(20)28/h1-4H,5-8H2. The maximum absolute atomic E-state index is 13.4. The van der Waals surface area contributed by atoms with E-state index < -0.39 is 0 Å². The van der Waals surface area contributed by atoms with Gasteiger partial charge in [0.25, 0.3) is 0 Å². The number of benzene rings is 2. The summed E-state index contributed by atoms with van der Waals surface area (Å²) in [4.78, 5) is 29.1. The maximum atomic E-state index is 13.4. The number of ketones is 2. The van der Waals surface area contributed by atoms with E-state index >= 15 is 0 Å². The summed E-state index contributed by atoms with van der Waals surface area (Å²) in [7, 11) is 0. The van der Waals surface area contributed by atoms with E-state index in [1.807, 2.05) is 4.90 Å². The summed E-state index contributed by atoms with van der Waals surface area (Å²) in [6.07, 6.45) is 0. The first-order valence-electron chi connectivity index (χ1n) is 8.77. The Morgan fingerprint density at radius 3 is 1.83 bits per heavy atom. The van der Waals surface area contributed by atoms with Crippen molar-refractivity contribution in [3.05, 3.63) is 71.1 Å². The van der Waals surface area contributed by atoms with E-state index in [9.17, 15) is 9.59 Å². The second kappa shape index (κ2) is 8.91. The lowest BCUT2D eigenvalue weighted by molar-refractivity contribution is 0.0499. The zero-order valence-electron chi connectivity index (χ0n) is 15.1. The van der Waals surface area contributed by atoms with Crippen molar-refractivity contribution in [1.29, 1.82) is 0 Å². The van der Waals surface area contributed by atoms with Gasteiger partial charge in [-0.3, -0.25) is 9.59 Å². The molecule has 2 aromatic rings. The first-order valence-corrected chi connectivity index (χ1v) is 11.5. The molecule has 1 saturated heterocycles. The van der Waals surface area contributed by atoms with Crippen LogP contribution in [-0.4, -0.2) is 42.8 Å². The lowest BCUT2D eigenvalue weighted by atomic mass is 9.91. The molecule has 0 bridgehead atoms. The minimum absolute atomic E-state index is 0.0245. The fourth-order valence-corrected chi connectivity index (χ4v) is 5.88. The highest BCUT2D eigenvalue weighted by atomic mass is 35.5. The number of hydrogen-bond donors (Lipinski definition) is 0. The second-order valence-corrected chi connectivity index (χ2v) is 9.39. The summed E-state index contributed by atoms with van der Waals surface area (Å²) in [5, 5.41) is 0.206. The van der Waals surface area contributed by atoms with Crippen LogP contribution in [0.1, 0.15) is 20.7 Å². The molecule has 1 aliphatic heterocycles. The first-order chi connectivity index (χ1) is 14.3. The molecule has 4 nitrogen and oxygen atoms in total. The molecular weight excluding hydrogens is 512 g/mol. The topological polar surface area (TPSA) is 46.6 Å². The summed E-state index contributed by atoms with van der Waals surface area (Å²) >= 11 is 32.2. The van der Waals surface area contributed by atoms with Crippen LogP contribution in [0.2, 0.25) is 25.1 Å². The van der Waals surface area contributed by atoms with Gasteiger partial charge in [-0.05, 0) is 0 Å². The number of fused-ring (bicyclic) bond motifs is 1. The lowest BCUT2D eigenvalue weighted by Gasteiger charge is -2.33. The molecule has 0 aromatic heterocycles. The smallest absolute Gasteiger partial charge is 0.211 e. The Hall–Kier alpha value is -0.920. The Kier molecular flexibility index (Phi) is 6.62. The Morgan fingerprint density at radius 1 is 0.767 bits per heavy atom. The van der Waals surface area contributed by atoms with Gasteiger partial charge in [-0.15, -0.1) is 0 Å². The van der Waals surface area contributed by atoms with Crippen molar-refractivity contribution < 1.29 is 14.3 Å². The molecule has 1 fully saturated rings. The molecule has 156 valence electrons. The number of halogens is 5. The average molecular weight is 524 g/mol. The van der Waals surface area contributed by atoms with E-state index in [4.69, 9.17) is 62.7 Å². The molecule has 1 aliphatic carbocycles. The van der Waals surface area contributed by atoms with E-state index in [-0.39, 0.29) is 46.5 Å². The van der Waals surface area contributed by atoms with Crippen molar-refractivity contribution >= 4 is 81.3 Å². The molecule has 0 saturated carbocycles. The molecule has 30 heavy (non-hydrogen) atoms. The van der Waals surface area contributed by atoms with Gasteiger partial charge in [0.15, 0.2) is 0 Å². The van der Waals surface area contributed by atoms with Gasteiger partial charge in [-0.1, -0.05) is 94.0 Å². The third-order valence-electron chi connectivity index (χ3n) is 4.75. The van der Waals surface area contributed by atoms with E-state index in [1.165, 1.54) is 0 Å². The van der Waals surface area contributed by atoms with E-state index in [0.717, 1.165) is 11.8 Å². The van der Waals surface area contributed by atoms with Crippen molar-refractivity contribution in [3.8, 4) is 0 Å². The van der Waals surface area contributed by atoms with Crippen LogP contribution in [0.5, 0.6) is 0 Å². The minimum atomic E-state index is -0.300. The molecule has 0 atom stereocenters. The molecule has 2 aliphatic rings. The third-order valence-corrected chi connectivity index (χ3v) is 8.45. The SMILES string of the molecule is O=C1C(Sc2c(Cl)c(Cl)c(Cl)c(Cl)c2Cl)=C(N2CCOCC2)C(=O)c2ccccc21. The molecule has 1 heterocycles. The largest absolute Gasteiger partial charge is 0.378 e. The van der Waals surface area contributed by atoms with Crippen LogP contribution < -0.4 is 0 Å². The van der Waals surface area contributed by atoms with Crippen molar-refractivity contribution in [2.24, 2.45) is 0 Å². The summed E-state index contributed by atoms with van der Waals surface area (Å²) in [6, 6.07) is 6.71. The second-order valence-electron chi connectivity index (χ2n) is 6.48. The summed E-state index contributed by atoms with van der Waals surface area (Å²) in [6.45, 7) is 1.85.